The van der Waals surface area contributed by atoms with Crippen molar-refractivity contribution in [2.24, 2.45) is 10.9 Å². The van der Waals surface area contributed by atoms with E-state index in [4.69, 9.17) is 4.42 Å². The monoisotopic (exact) mass is 310 g/mol. The summed E-state index contributed by atoms with van der Waals surface area (Å²) in [6.45, 7) is 2.65. The van der Waals surface area contributed by atoms with Crippen LogP contribution >= 0.6 is 23.5 Å². The molecule has 0 spiro atoms. The molecule has 0 atom stereocenters. The summed E-state index contributed by atoms with van der Waals surface area (Å²) in [6.07, 6.45) is 3.71. The topological polar surface area (TPSA) is 45.8 Å². The van der Waals surface area contributed by atoms with Crippen LogP contribution in [0.25, 0.3) is 0 Å². The van der Waals surface area contributed by atoms with E-state index in [0.717, 1.165) is 44.0 Å². The van der Waals surface area contributed by atoms with Gasteiger partial charge in [-0.3, -0.25) is 9.79 Å². The number of likely N-dealkylation sites (tertiary alicyclic amines) is 1. The molecule has 0 aromatic carbocycles. The SMILES string of the molecule is O=C(c1ccco1)N1CCC(CSC2=NCCS2)CC1. The fourth-order valence-electron chi connectivity index (χ4n) is 2.45. The minimum Gasteiger partial charge on any atom is -0.459 e. The van der Waals surface area contributed by atoms with E-state index in [-0.39, 0.29) is 5.91 Å². The zero-order valence-corrected chi connectivity index (χ0v) is 12.9. The van der Waals surface area contributed by atoms with E-state index in [1.54, 1.807) is 18.4 Å². The number of thioether (sulfide) groups is 2. The Bertz CT molecular complexity index is 479. The summed E-state index contributed by atoms with van der Waals surface area (Å²) in [5, 5.41) is 0. The van der Waals surface area contributed by atoms with Gasteiger partial charge in [-0.05, 0) is 30.9 Å². The number of hydrogen-bond donors (Lipinski definition) is 0. The molecule has 0 saturated carbocycles. The average Bonchev–Trinajstić information content (AvgIpc) is 3.18. The van der Waals surface area contributed by atoms with Gasteiger partial charge in [0, 0.05) is 24.6 Å². The van der Waals surface area contributed by atoms with Gasteiger partial charge in [-0.2, -0.15) is 0 Å². The van der Waals surface area contributed by atoms with Crippen LogP contribution in [0.15, 0.2) is 27.8 Å². The highest BCUT2D eigenvalue weighted by molar-refractivity contribution is 8.39. The number of hydrogen-bond acceptors (Lipinski definition) is 5. The van der Waals surface area contributed by atoms with E-state index in [0.29, 0.717) is 11.7 Å². The lowest BCUT2D eigenvalue weighted by atomic mass is 9.99. The Morgan fingerprint density at radius 2 is 2.35 bits per heavy atom. The average molecular weight is 310 g/mol. The second-order valence-corrected chi connectivity index (χ2v) is 7.37. The van der Waals surface area contributed by atoms with Gasteiger partial charge < -0.3 is 9.32 Å². The van der Waals surface area contributed by atoms with Crippen molar-refractivity contribution in [3.8, 4) is 0 Å². The lowest BCUT2D eigenvalue weighted by Crippen LogP contribution is -2.38. The lowest BCUT2D eigenvalue weighted by Gasteiger charge is -2.31. The first-order valence-corrected chi connectivity index (χ1v) is 8.93. The number of amides is 1. The summed E-state index contributed by atoms with van der Waals surface area (Å²) >= 11 is 3.76. The van der Waals surface area contributed by atoms with Crippen molar-refractivity contribution in [2.45, 2.75) is 12.8 Å². The number of carbonyl (C=O) groups excluding carboxylic acids is 1. The number of furan rings is 1. The van der Waals surface area contributed by atoms with Crippen molar-refractivity contribution in [1.82, 2.24) is 4.90 Å². The molecule has 108 valence electrons. The fourth-order valence-corrected chi connectivity index (χ4v) is 4.67. The summed E-state index contributed by atoms with van der Waals surface area (Å²) < 4.78 is 6.43. The maximum Gasteiger partial charge on any atom is 0.289 e. The fraction of sp³-hybridized carbons (Fsp3) is 0.571. The largest absolute Gasteiger partial charge is 0.459 e. The van der Waals surface area contributed by atoms with Crippen molar-refractivity contribution in [3.63, 3.8) is 0 Å². The molecule has 0 radical (unpaired) electrons. The van der Waals surface area contributed by atoms with Gasteiger partial charge in [0.25, 0.3) is 5.91 Å². The van der Waals surface area contributed by atoms with Gasteiger partial charge >= 0.3 is 0 Å². The number of aliphatic imine (C=N–C) groups is 1. The van der Waals surface area contributed by atoms with Crippen LogP contribution in [0.4, 0.5) is 0 Å². The van der Waals surface area contributed by atoms with Gasteiger partial charge in [0.05, 0.1) is 12.8 Å². The highest BCUT2D eigenvalue weighted by atomic mass is 32.2. The van der Waals surface area contributed by atoms with Gasteiger partial charge in [-0.1, -0.05) is 23.5 Å². The first-order valence-electron chi connectivity index (χ1n) is 6.96. The van der Waals surface area contributed by atoms with Crippen molar-refractivity contribution in [2.75, 3.05) is 31.1 Å². The molecule has 0 bridgehead atoms. The Morgan fingerprint density at radius 1 is 1.50 bits per heavy atom. The smallest absolute Gasteiger partial charge is 0.289 e. The molecule has 1 aromatic heterocycles. The molecule has 0 unspecified atom stereocenters. The minimum absolute atomic E-state index is 0.0248. The van der Waals surface area contributed by atoms with E-state index in [1.165, 1.54) is 4.38 Å². The van der Waals surface area contributed by atoms with Crippen molar-refractivity contribution >= 4 is 33.8 Å². The third kappa shape index (κ3) is 3.41. The quantitative estimate of drug-likeness (QED) is 0.861. The molecule has 2 aliphatic heterocycles. The summed E-state index contributed by atoms with van der Waals surface area (Å²) in [6, 6.07) is 3.50. The maximum absolute atomic E-state index is 12.1. The Balaban J connectivity index is 1.43. The Labute approximate surface area is 127 Å². The zero-order valence-electron chi connectivity index (χ0n) is 11.3. The van der Waals surface area contributed by atoms with Crippen molar-refractivity contribution in [3.05, 3.63) is 24.2 Å². The lowest BCUT2D eigenvalue weighted by molar-refractivity contribution is 0.0666. The van der Waals surface area contributed by atoms with Crippen LogP contribution in [0, 0.1) is 5.92 Å². The molecule has 1 amide bonds. The second kappa shape index (κ2) is 6.72. The Kier molecular flexibility index (Phi) is 4.73. The predicted molar refractivity (Wildman–Crippen MR) is 84.6 cm³/mol. The van der Waals surface area contributed by atoms with Crippen LogP contribution in [0.5, 0.6) is 0 Å². The number of piperidine rings is 1. The van der Waals surface area contributed by atoms with Gasteiger partial charge in [-0.15, -0.1) is 0 Å². The molecular weight excluding hydrogens is 292 g/mol. The minimum atomic E-state index is 0.0248. The summed E-state index contributed by atoms with van der Waals surface area (Å²) in [5.41, 5.74) is 0. The van der Waals surface area contributed by atoms with Crippen molar-refractivity contribution in [1.29, 1.82) is 0 Å². The van der Waals surface area contributed by atoms with Crippen LogP contribution < -0.4 is 0 Å². The van der Waals surface area contributed by atoms with E-state index in [1.807, 2.05) is 28.4 Å². The first kappa shape index (κ1) is 14.1. The molecule has 3 heterocycles. The summed E-state index contributed by atoms with van der Waals surface area (Å²) in [4.78, 5) is 18.5. The van der Waals surface area contributed by atoms with Crippen LogP contribution in [0.3, 0.4) is 0 Å². The maximum atomic E-state index is 12.1. The molecule has 0 N–H and O–H groups in total. The first-order chi connectivity index (χ1) is 9.83. The van der Waals surface area contributed by atoms with Gasteiger partial charge in [0.15, 0.2) is 5.76 Å². The van der Waals surface area contributed by atoms with E-state index in [2.05, 4.69) is 4.99 Å². The normalized spacial score (nSPS) is 20.2. The van der Waals surface area contributed by atoms with E-state index in [9.17, 15) is 4.79 Å². The molecule has 4 nitrogen and oxygen atoms in total. The highest BCUT2D eigenvalue weighted by Gasteiger charge is 2.25. The van der Waals surface area contributed by atoms with E-state index >= 15 is 0 Å². The van der Waals surface area contributed by atoms with Crippen LogP contribution in [-0.4, -0.2) is 46.3 Å². The van der Waals surface area contributed by atoms with Crippen LogP contribution in [0.2, 0.25) is 0 Å². The molecule has 1 saturated heterocycles. The van der Waals surface area contributed by atoms with Gasteiger partial charge in [-0.25, -0.2) is 0 Å². The molecule has 0 aliphatic carbocycles. The Hall–Kier alpha value is -0.880. The molecule has 3 rings (SSSR count). The molecule has 2 aliphatic rings. The molecule has 20 heavy (non-hydrogen) atoms. The Morgan fingerprint density at radius 3 is 3.00 bits per heavy atom. The molecule has 6 heteroatoms. The number of rotatable bonds is 3. The number of nitrogens with zero attached hydrogens (tertiary/aromatic N) is 2. The highest BCUT2D eigenvalue weighted by Crippen LogP contribution is 2.28. The van der Waals surface area contributed by atoms with Gasteiger partial charge in [0.1, 0.15) is 4.38 Å². The third-order valence-corrected chi connectivity index (χ3v) is 6.12. The summed E-state index contributed by atoms with van der Waals surface area (Å²) in [7, 11) is 0. The molecule has 1 fully saturated rings. The van der Waals surface area contributed by atoms with Crippen LogP contribution in [-0.2, 0) is 0 Å². The second-order valence-electron chi connectivity index (χ2n) is 5.02. The van der Waals surface area contributed by atoms with Gasteiger partial charge in [0.2, 0.25) is 0 Å². The predicted octanol–water partition coefficient (Wildman–Crippen LogP) is 2.97. The third-order valence-electron chi connectivity index (χ3n) is 3.63. The number of carbonyl (C=O) groups is 1. The zero-order chi connectivity index (χ0) is 13.8. The molecular formula is C14H18N2O2S2. The summed E-state index contributed by atoms with van der Waals surface area (Å²) in [5.74, 6) is 3.45. The standard InChI is InChI=1S/C14H18N2O2S2/c17-13(12-2-1-8-18-12)16-6-3-11(4-7-16)10-20-14-15-5-9-19-14/h1-2,8,11H,3-7,9-10H2. The van der Waals surface area contributed by atoms with Crippen LogP contribution in [0.1, 0.15) is 23.4 Å². The molecule has 1 aromatic rings. The van der Waals surface area contributed by atoms with Crippen molar-refractivity contribution < 1.29 is 9.21 Å². The van der Waals surface area contributed by atoms with E-state index < -0.39 is 0 Å².